The van der Waals surface area contributed by atoms with Crippen molar-refractivity contribution in [2.24, 2.45) is 4.99 Å². The summed E-state index contributed by atoms with van der Waals surface area (Å²) in [5.41, 5.74) is 0.685. The predicted octanol–water partition coefficient (Wildman–Crippen LogP) is 1.56. The summed E-state index contributed by atoms with van der Waals surface area (Å²) in [6.07, 6.45) is 4.29. The number of ether oxygens (including phenoxy) is 2. The van der Waals surface area contributed by atoms with Gasteiger partial charge in [0.1, 0.15) is 0 Å². The summed E-state index contributed by atoms with van der Waals surface area (Å²) in [5.74, 6) is 0.727. The van der Waals surface area contributed by atoms with Crippen LogP contribution in [-0.4, -0.2) is 64.5 Å². The van der Waals surface area contributed by atoms with Crippen LogP contribution in [0.5, 0.6) is 0 Å². The van der Waals surface area contributed by atoms with Crippen LogP contribution in [0, 0.1) is 0 Å². The molecule has 0 radical (unpaired) electrons. The molecule has 1 aliphatic heterocycles. The fraction of sp³-hybridized carbons (Fsp3) is 0.600. The Morgan fingerprint density at radius 3 is 2.59 bits per heavy atom. The minimum absolute atomic E-state index is 0.0406. The summed E-state index contributed by atoms with van der Waals surface area (Å²) in [6.45, 7) is 4.44. The zero-order valence-corrected chi connectivity index (χ0v) is 16.2. The zero-order chi connectivity index (χ0) is 19.2. The number of amides is 1. The summed E-state index contributed by atoms with van der Waals surface area (Å²) < 4.78 is 11.2. The van der Waals surface area contributed by atoms with E-state index in [0.29, 0.717) is 18.7 Å². The van der Waals surface area contributed by atoms with Crippen molar-refractivity contribution in [2.75, 3.05) is 46.5 Å². The molecule has 1 unspecified atom stereocenters. The van der Waals surface area contributed by atoms with Gasteiger partial charge in [-0.1, -0.05) is 18.2 Å². The monoisotopic (exact) mass is 376 g/mol. The van der Waals surface area contributed by atoms with Crippen molar-refractivity contribution < 1.29 is 14.3 Å². The molecule has 0 bridgehead atoms. The Labute approximate surface area is 161 Å². The van der Waals surface area contributed by atoms with Gasteiger partial charge in [0.25, 0.3) is 5.91 Å². The van der Waals surface area contributed by atoms with Crippen molar-refractivity contribution in [3.8, 4) is 0 Å². The van der Waals surface area contributed by atoms with Crippen molar-refractivity contribution >= 4 is 11.9 Å². The second-order valence-corrected chi connectivity index (χ2v) is 6.46. The lowest BCUT2D eigenvalue weighted by molar-refractivity contribution is 0.0168. The second kappa shape index (κ2) is 13.1. The molecule has 0 spiro atoms. The smallest absolute Gasteiger partial charge is 0.251 e. The molecule has 7 heteroatoms. The van der Waals surface area contributed by atoms with E-state index >= 15 is 0 Å². The first-order valence-electron chi connectivity index (χ1n) is 9.76. The highest BCUT2D eigenvalue weighted by molar-refractivity contribution is 5.94. The van der Waals surface area contributed by atoms with Crippen LogP contribution in [0.15, 0.2) is 35.3 Å². The van der Waals surface area contributed by atoms with E-state index in [-0.39, 0.29) is 12.0 Å². The summed E-state index contributed by atoms with van der Waals surface area (Å²) in [7, 11) is 1.75. The highest BCUT2D eigenvalue weighted by Gasteiger charge is 2.14. The van der Waals surface area contributed by atoms with Crippen molar-refractivity contribution in [1.29, 1.82) is 0 Å². The molecule has 1 aromatic rings. The standard InChI is InChI=1S/C20H32N4O3/c1-21-20(24-13-7-14-26-16-18-10-5-15-27-18)23-12-6-11-22-19(25)17-8-3-2-4-9-17/h2-4,8-9,18H,5-7,10-16H2,1H3,(H,22,25)(H2,21,23,24). The van der Waals surface area contributed by atoms with Crippen LogP contribution in [0.2, 0.25) is 0 Å². The Morgan fingerprint density at radius 2 is 1.89 bits per heavy atom. The third-order valence-corrected chi connectivity index (χ3v) is 4.28. The van der Waals surface area contributed by atoms with Crippen LogP contribution in [0.4, 0.5) is 0 Å². The topological polar surface area (TPSA) is 84.0 Å². The minimum atomic E-state index is -0.0406. The number of nitrogens with zero attached hydrogens (tertiary/aromatic N) is 1. The maximum absolute atomic E-state index is 11.9. The van der Waals surface area contributed by atoms with Gasteiger partial charge in [-0.3, -0.25) is 9.79 Å². The highest BCUT2D eigenvalue weighted by Crippen LogP contribution is 2.11. The average molecular weight is 377 g/mol. The van der Waals surface area contributed by atoms with Gasteiger partial charge in [0, 0.05) is 45.5 Å². The number of guanidine groups is 1. The molecule has 0 saturated carbocycles. The molecule has 3 N–H and O–H groups in total. The molecule has 7 nitrogen and oxygen atoms in total. The lowest BCUT2D eigenvalue weighted by atomic mass is 10.2. The molecule has 0 aliphatic carbocycles. The number of nitrogens with one attached hydrogen (secondary N) is 3. The fourth-order valence-electron chi connectivity index (χ4n) is 2.78. The molecule has 2 rings (SSSR count). The first-order valence-corrected chi connectivity index (χ1v) is 9.76. The lowest BCUT2D eigenvalue weighted by Gasteiger charge is -2.13. The van der Waals surface area contributed by atoms with Crippen molar-refractivity contribution in [3.63, 3.8) is 0 Å². The molecule has 1 atom stereocenters. The van der Waals surface area contributed by atoms with Gasteiger partial charge in [-0.2, -0.15) is 0 Å². The van der Waals surface area contributed by atoms with Crippen LogP contribution in [0.3, 0.4) is 0 Å². The van der Waals surface area contributed by atoms with Crippen molar-refractivity contribution in [3.05, 3.63) is 35.9 Å². The molecular weight excluding hydrogens is 344 g/mol. The van der Waals surface area contributed by atoms with E-state index in [9.17, 15) is 4.79 Å². The summed E-state index contributed by atoms with van der Waals surface area (Å²) in [6, 6.07) is 9.24. The first-order chi connectivity index (χ1) is 13.3. The van der Waals surface area contributed by atoms with Crippen LogP contribution in [0.25, 0.3) is 0 Å². The maximum Gasteiger partial charge on any atom is 0.251 e. The van der Waals surface area contributed by atoms with E-state index in [2.05, 4.69) is 20.9 Å². The van der Waals surface area contributed by atoms with E-state index in [0.717, 1.165) is 57.9 Å². The molecule has 1 heterocycles. The quantitative estimate of drug-likeness (QED) is 0.310. The molecule has 1 saturated heterocycles. The predicted molar refractivity (Wildman–Crippen MR) is 107 cm³/mol. The largest absolute Gasteiger partial charge is 0.379 e. The summed E-state index contributed by atoms with van der Waals surface area (Å²) >= 11 is 0. The number of aliphatic imine (C=N–C) groups is 1. The molecule has 1 amide bonds. The molecule has 0 aromatic heterocycles. The molecule has 1 aromatic carbocycles. The van der Waals surface area contributed by atoms with Crippen LogP contribution in [-0.2, 0) is 9.47 Å². The van der Waals surface area contributed by atoms with E-state index in [1.54, 1.807) is 7.05 Å². The number of benzene rings is 1. The van der Waals surface area contributed by atoms with Crippen LogP contribution >= 0.6 is 0 Å². The Morgan fingerprint density at radius 1 is 1.15 bits per heavy atom. The van der Waals surface area contributed by atoms with Gasteiger partial charge in [-0.25, -0.2) is 0 Å². The number of carbonyl (C=O) groups excluding carboxylic acids is 1. The number of hydrogen-bond acceptors (Lipinski definition) is 4. The van der Waals surface area contributed by atoms with Gasteiger partial charge in [0.2, 0.25) is 0 Å². The third kappa shape index (κ3) is 8.88. The average Bonchev–Trinajstić information content (AvgIpc) is 3.22. The van der Waals surface area contributed by atoms with Crippen molar-refractivity contribution in [1.82, 2.24) is 16.0 Å². The van der Waals surface area contributed by atoms with Crippen LogP contribution < -0.4 is 16.0 Å². The molecule has 150 valence electrons. The number of rotatable bonds is 11. The number of hydrogen-bond donors (Lipinski definition) is 3. The Hall–Kier alpha value is -2.12. The molecule has 1 aliphatic rings. The third-order valence-electron chi connectivity index (χ3n) is 4.28. The normalized spacial score (nSPS) is 16.9. The Bertz CT molecular complexity index is 560. The van der Waals surface area contributed by atoms with Gasteiger partial charge in [-0.15, -0.1) is 0 Å². The summed E-state index contributed by atoms with van der Waals surface area (Å²) in [4.78, 5) is 16.1. The Balaban J connectivity index is 1.44. The van der Waals surface area contributed by atoms with Crippen molar-refractivity contribution in [2.45, 2.75) is 31.8 Å². The SMILES string of the molecule is CN=C(NCCCNC(=O)c1ccccc1)NCCCOCC1CCCO1. The van der Waals surface area contributed by atoms with E-state index in [1.807, 2.05) is 30.3 Å². The molecule has 1 fully saturated rings. The highest BCUT2D eigenvalue weighted by atomic mass is 16.5. The first kappa shape index (κ1) is 21.2. The number of carbonyl (C=O) groups is 1. The molecule has 27 heavy (non-hydrogen) atoms. The maximum atomic E-state index is 11.9. The Kier molecular flexibility index (Phi) is 10.3. The fourth-order valence-corrected chi connectivity index (χ4v) is 2.78. The van der Waals surface area contributed by atoms with Gasteiger partial charge in [0.15, 0.2) is 5.96 Å². The minimum Gasteiger partial charge on any atom is -0.379 e. The van der Waals surface area contributed by atoms with Gasteiger partial charge >= 0.3 is 0 Å². The zero-order valence-electron chi connectivity index (χ0n) is 16.2. The molecular formula is C20H32N4O3. The van der Waals surface area contributed by atoms with Gasteiger partial charge in [0.05, 0.1) is 12.7 Å². The van der Waals surface area contributed by atoms with Gasteiger partial charge < -0.3 is 25.4 Å². The second-order valence-electron chi connectivity index (χ2n) is 6.46. The summed E-state index contributed by atoms with van der Waals surface area (Å²) in [5, 5.41) is 9.42. The van der Waals surface area contributed by atoms with E-state index in [1.165, 1.54) is 0 Å². The van der Waals surface area contributed by atoms with E-state index < -0.39 is 0 Å². The lowest BCUT2D eigenvalue weighted by Crippen LogP contribution is -2.39. The van der Waals surface area contributed by atoms with Gasteiger partial charge in [-0.05, 0) is 37.8 Å². The van der Waals surface area contributed by atoms with Crippen LogP contribution in [0.1, 0.15) is 36.0 Å². The van der Waals surface area contributed by atoms with E-state index in [4.69, 9.17) is 9.47 Å².